The number of aliphatic imine (C=N–C) groups is 1. The highest BCUT2D eigenvalue weighted by atomic mass is 16.7. The maximum atomic E-state index is 12.0. The van der Waals surface area contributed by atoms with Gasteiger partial charge in [0.05, 0.1) is 0 Å². The Balaban J connectivity index is 1.69. The Bertz CT molecular complexity index is 873. The van der Waals surface area contributed by atoms with Crippen LogP contribution in [0.2, 0.25) is 0 Å². The fraction of sp³-hybridized carbons (Fsp3) is 0.250. The van der Waals surface area contributed by atoms with E-state index in [-0.39, 0.29) is 12.5 Å². The summed E-state index contributed by atoms with van der Waals surface area (Å²) in [7, 11) is 0. The summed E-state index contributed by atoms with van der Waals surface area (Å²) < 4.78 is 10.3. The van der Waals surface area contributed by atoms with Crippen molar-refractivity contribution in [1.82, 2.24) is 0 Å². The molecule has 1 aliphatic carbocycles. The van der Waals surface area contributed by atoms with Gasteiger partial charge in [0.15, 0.2) is 6.04 Å². The molecule has 1 amide bonds. The number of nitrogens with two attached hydrogens (primary N) is 1. The summed E-state index contributed by atoms with van der Waals surface area (Å²) in [6.45, 7) is 1.48. The monoisotopic (exact) mass is 366 g/mol. The summed E-state index contributed by atoms with van der Waals surface area (Å²) in [5.74, 6) is -1.00. The van der Waals surface area contributed by atoms with Crippen LogP contribution in [-0.4, -0.2) is 36.9 Å². The minimum absolute atomic E-state index is 0.0811. The van der Waals surface area contributed by atoms with Gasteiger partial charge in [0, 0.05) is 5.92 Å². The van der Waals surface area contributed by atoms with Gasteiger partial charge in [-0.2, -0.15) is 4.99 Å². The molecule has 0 saturated carbocycles. The van der Waals surface area contributed by atoms with Crippen LogP contribution in [0, 0.1) is 0 Å². The molecule has 2 N–H and O–H groups in total. The SMILES string of the molecule is CC(OC(=O)OCC1c2ccccc2-c2ccccc21)[C@H](N=C=O)C(N)=O. The summed E-state index contributed by atoms with van der Waals surface area (Å²) in [4.78, 5) is 36.9. The number of hydrogen-bond donors (Lipinski definition) is 1. The first-order valence-corrected chi connectivity index (χ1v) is 8.41. The van der Waals surface area contributed by atoms with Crippen molar-refractivity contribution in [3.05, 3.63) is 59.7 Å². The van der Waals surface area contributed by atoms with Gasteiger partial charge in [-0.25, -0.2) is 9.59 Å². The molecule has 0 spiro atoms. The van der Waals surface area contributed by atoms with Crippen molar-refractivity contribution in [3.8, 4) is 11.1 Å². The van der Waals surface area contributed by atoms with Gasteiger partial charge >= 0.3 is 6.16 Å². The number of rotatable bonds is 6. The number of fused-ring (bicyclic) bond motifs is 3. The Morgan fingerprint density at radius 2 is 1.67 bits per heavy atom. The summed E-state index contributed by atoms with van der Waals surface area (Å²) in [5, 5.41) is 0. The van der Waals surface area contributed by atoms with E-state index in [9.17, 15) is 14.4 Å². The molecule has 0 heterocycles. The van der Waals surface area contributed by atoms with Crippen LogP contribution in [0.3, 0.4) is 0 Å². The summed E-state index contributed by atoms with van der Waals surface area (Å²) in [6.07, 6.45) is -0.759. The molecule has 0 bridgehead atoms. The van der Waals surface area contributed by atoms with Gasteiger partial charge in [-0.05, 0) is 29.2 Å². The molecule has 0 radical (unpaired) electrons. The van der Waals surface area contributed by atoms with Gasteiger partial charge in [-0.1, -0.05) is 48.5 Å². The topological polar surface area (TPSA) is 108 Å². The number of amides is 1. The number of isocyanates is 1. The number of benzene rings is 2. The molecule has 1 unspecified atom stereocenters. The Hall–Kier alpha value is -3.44. The molecule has 0 aromatic heterocycles. The molecule has 1 aliphatic rings. The molecule has 2 aromatic rings. The third-order valence-corrected chi connectivity index (χ3v) is 4.54. The highest BCUT2D eigenvalue weighted by Gasteiger charge is 2.30. The first kappa shape index (κ1) is 18.4. The second kappa shape index (κ2) is 7.85. The van der Waals surface area contributed by atoms with E-state index in [0.717, 1.165) is 22.3 Å². The lowest BCUT2D eigenvalue weighted by molar-refractivity contribution is -0.121. The lowest BCUT2D eigenvalue weighted by atomic mass is 9.98. The Morgan fingerprint density at radius 3 is 2.19 bits per heavy atom. The highest BCUT2D eigenvalue weighted by Crippen LogP contribution is 2.44. The van der Waals surface area contributed by atoms with Crippen molar-refractivity contribution in [2.45, 2.75) is 25.0 Å². The number of primary amides is 1. The first-order valence-electron chi connectivity index (χ1n) is 8.41. The average Bonchev–Trinajstić information content (AvgIpc) is 2.98. The Kier molecular flexibility index (Phi) is 5.33. The number of carbonyl (C=O) groups excluding carboxylic acids is 3. The standard InChI is InChI=1S/C20H18N2O5/c1-12(18(19(21)24)22-11-23)27-20(25)26-10-17-15-8-4-2-6-13(15)14-7-3-5-9-16(14)17/h2-9,12,17-18H,10H2,1H3,(H2,21,24)/t12?,18-/m0/s1. The Labute approximate surface area is 155 Å². The molecule has 7 nitrogen and oxygen atoms in total. The molecule has 27 heavy (non-hydrogen) atoms. The Morgan fingerprint density at radius 1 is 1.11 bits per heavy atom. The molecule has 0 aliphatic heterocycles. The van der Waals surface area contributed by atoms with Crippen molar-refractivity contribution >= 4 is 18.1 Å². The number of nitrogens with zero attached hydrogens (tertiary/aromatic N) is 1. The molecule has 2 aromatic carbocycles. The smallest absolute Gasteiger partial charge is 0.433 e. The predicted octanol–water partition coefficient (Wildman–Crippen LogP) is 2.53. The second-order valence-electron chi connectivity index (χ2n) is 6.18. The van der Waals surface area contributed by atoms with E-state index in [1.807, 2.05) is 48.5 Å². The predicted molar refractivity (Wildman–Crippen MR) is 96.7 cm³/mol. The van der Waals surface area contributed by atoms with Crippen LogP contribution < -0.4 is 5.73 Å². The third kappa shape index (κ3) is 3.73. The third-order valence-electron chi connectivity index (χ3n) is 4.54. The molecule has 3 rings (SSSR count). The molecular weight excluding hydrogens is 348 g/mol. The van der Waals surface area contributed by atoms with E-state index in [1.54, 1.807) is 0 Å². The molecule has 138 valence electrons. The van der Waals surface area contributed by atoms with E-state index in [4.69, 9.17) is 15.2 Å². The lowest BCUT2D eigenvalue weighted by Gasteiger charge is -2.18. The normalized spacial score (nSPS) is 14.3. The van der Waals surface area contributed by atoms with Crippen LogP contribution in [0.1, 0.15) is 24.0 Å². The van der Waals surface area contributed by atoms with E-state index in [0.29, 0.717) is 0 Å². The van der Waals surface area contributed by atoms with Crippen LogP contribution in [0.5, 0.6) is 0 Å². The average molecular weight is 366 g/mol. The zero-order chi connectivity index (χ0) is 19.4. The summed E-state index contributed by atoms with van der Waals surface area (Å²) in [6, 6.07) is 14.6. The van der Waals surface area contributed by atoms with Crippen LogP contribution in [0.15, 0.2) is 53.5 Å². The van der Waals surface area contributed by atoms with Crippen LogP contribution in [0.4, 0.5) is 4.79 Å². The lowest BCUT2D eigenvalue weighted by Crippen LogP contribution is -2.38. The van der Waals surface area contributed by atoms with Crippen molar-refractivity contribution in [2.24, 2.45) is 10.7 Å². The first-order chi connectivity index (χ1) is 13.0. The van der Waals surface area contributed by atoms with Crippen molar-refractivity contribution in [1.29, 1.82) is 0 Å². The molecule has 0 saturated heterocycles. The van der Waals surface area contributed by atoms with E-state index < -0.39 is 24.2 Å². The van der Waals surface area contributed by atoms with Crippen LogP contribution in [-0.2, 0) is 19.1 Å². The van der Waals surface area contributed by atoms with E-state index in [1.165, 1.54) is 13.0 Å². The second-order valence-corrected chi connectivity index (χ2v) is 6.18. The van der Waals surface area contributed by atoms with Gasteiger partial charge in [-0.15, -0.1) is 0 Å². The van der Waals surface area contributed by atoms with Crippen LogP contribution in [0.25, 0.3) is 11.1 Å². The van der Waals surface area contributed by atoms with E-state index >= 15 is 0 Å². The summed E-state index contributed by atoms with van der Waals surface area (Å²) in [5.41, 5.74) is 9.49. The molecule has 0 fully saturated rings. The van der Waals surface area contributed by atoms with Gasteiger partial charge in [0.1, 0.15) is 12.7 Å². The van der Waals surface area contributed by atoms with Crippen LogP contribution >= 0.6 is 0 Å². The zero-order valence-corrected chi connectivity index (χ0v) is 14.6. The fourth-order valence-electron chi connectivity index (χ4n) is 3.30. The summed E-state index contributed by atoms with van der Waals surface area (Å²) >= 11 is 0. The van der Waals surface area contributed by atoms with E-state index in [2.05, 4.69) is 4.99 Å². The number of ether oxygens (including phenoxy) is 2. The van der Waals surface area contributed by atoms with Gasteiger partial charge in [0.2, 0.25) is 12.0 Å². The van der Waals surface area contributed by atoms with Gasteiger partial charge < -0.3 is 15.2 Å². The van der Waals surface area contributed by atoms with Gasteiger partial charge in [0.25, 0.3) is 0 Å². The minimum atomic E-state index is -1.30. The largest absolute Gasteiger partial charge is 0.508 e. The van der Waals surface area contributed by atoms with Gasteiger partial charge in [-0.3, -0.25) is 4.79 Å². The molecule has 2 atom stereocenters. The highest BCUT2D eigenvalue weighted by molar-refractivity contribution is 5.82. The molecular formula is C20H18N2O5. The fourth-order valence-corrected chi connectivity index (χ4v) is 3.30. The molecule has 7 heteroatoms. The maximum absolute atomic E-state index is 12.0. The van der Waals surface area contributed by atoms with Crippen molar-refractivity contribution in [3.63, 3.8) is 0 Å². The zero-order valence-electron chi connectivity index (χ0n) is 14.6. The van der Waals surface area contributed by atoms with Crippen molar-refractivity contribution < 1.29 is 23.9 Å². The number of hydrogen-bond acceptors (Lipinski definition) is 6. The quantitative estimate of drug-likeness (QED) is 0.480. The number of carbonyl (C=O) groups is 2. The maximum Gasteiger partial charge on any atom is 0.508 e. The van der Waals surface area contributed by atoms with Crippen molar-refractivity contribution in [2.75, 3.05) is 6.61 Å². The minimum Gasteiger partial charge on any atom is -0.433 e.